The van der Waals surface area contributed by atoms with E-state index >= 15 is 0 Å². The number of carbonyl (C=O) groups is 1. The van der Waals surface area contributed by atoms with E-state index < -0.39 is 10.0 Å². The van der Waals surface area contributed by atoms with Crippen LogP contribution in [0.25, 0.3) is 22.2 Å². The molecular formula is C29H33N3O4S2. The van der Waals surface area contributed by atoms with E-state index in [1.165, 1.54) is 16.9 Å². The monoisotopic (exact) mass is 551 g/mol. The fraction of sp³-hybridized carbons (Fsp3) is 0.379. The van der Waals surface area contributed by atoms with Crippen LogP contribution in [0.4, 0.5) is 5.13 Å². The van der Waals surface area contributed by atoms with Crippen LogP contribution in [0.5, 0.6) is 0 Å². The summed E-state index contributed by atoms with van der Waals surface area (Å²) in [5, 5.41) is 6.19. The third-order valence-corrected chi connectivity index (χ3v) is 9.64. The molecule has 7 nitrogen and oxygen atoms in total. The molecule has 0 atom stereocenters. The molecule has 0 radical (unpaired) electrons. The van der Waals surface area contributed by atoms with Crippen molar-refractivity contribution in [2.24, 2.45) is 0 Å². The highest BCUT2D eigenvalue weighted by Crippen LogP contribution is 2.30. The third kappa shape index (κ3) is 5.70. The summed E-state index contributed by atoms with van der Waals surface area (Å²) >= 11 is 1.34. The first-order valence-electron chi connectivity index (χ1n) is 13.0. The second-order valence-corrected chi connectivity index (χ2v) is 13.6. The summed E-state index contributed by atoms with van der Waals surface area (Å²) in [5.41, 5.74) is 4.26. The van der Waals surface area contributed by atoms with Crippen LogP contribution in [0, 0.1) is 0 Å². The Labute approximate surface area is 227 Å². The largest absolute Gasteiger partial charge is 0.464 e. The number of amides is 1. The highest BCUT2D eigenvalue weighted by molar-refractivity contribution is 7.89. The molecule has 0 bridgehead atoms. The Kier molecular flexibility index (Phi) is 7.44. The van der Waals surface area contributed by atoms with Gasteiger partial charge in [0.2, 0.25) is 15.9 Å². The minimum absolute atomic E-state index is 0.00240. The van der Waals surface area contributed by atoms with E-state index in [0.717, 1.165) is 47.8 Å². The van der Waals surface area contributed by atoms with Crippen LogP contribution >= 0.6 is 11.3 Å². The molecule has 0 aliphatic carbocycles. The molecule has 5 rings (SSSR count). The maximum Gasteiger partial charge on any atom is 0.243 e. The molecule has 4 aromatic rings. The van der Waals surface area contributed by atoms with Gasteiger partial charge in [0.1, 0.15) is 5.58 Å². The van der Waals surface area contributed by atoms with Crippen molar-refractivity contribution in [2.75, 3.05) is 18.4 Å². The minimum Gasteiger partial charge on any atom is -0.464 e. The summed E-state index contributed by atoms with van der Waals surface area (Å²) in [6.07, 6.45) is 5.78. The Hall–Kier alpha value is -3.01. The molecule has 0 saturated carbocycles. The van der Waals surface area contributed by atoms with Crippen LogP contribution in [0.3, 0.4) is 0 Å². The molecule has 1 fully saturated rings. The van der Waals surface area contributed by atoms with Crippen LogP contribution in [0.1, 0.15) is 57.6 Å². The van der Waals surface area contributed by atoms with Gasteiger partial charge < -0.3 is 9.73 Å². The van der Waals surface area contributed by atoms with Gasteiger partial charge in [-0.25, -0.2) is 13.4 Å². The van der Waals surface area contributed by atoms with Gasteiger partial charge in [0.05, 0.1) is 23.3 Å². The lowest BCUT2D eigenvalue weighted by Gasteiger charge is -2.19. The summed E-state index contributed by atoms with van der Waals surface area (Å²) in [6, 6.07) is 12.9. The fourth-order valence-corrected chi connectivity index (χ4v) is 6.97. The van der Waals surface area contributed by atoms with Gasteiger partial charge in [0, 0.05) is 35.0 Å². The molecule has 1 aliphatic heterocycles. The number of sulfonamides is 1. The molecule has 38 heavy (non-hydrogen) atoms. The van der Waals surface area contributed by atoms with E-state index in [0.29, 0.717) is 28.8 Å². The maximum atomic E-state index is 13.1. The van der Waals surface area contributed by atoms with Crippen molar-refractivity contribution >= 4 is 43.4 Å². The number of anilines is 1. The van der Waals surface area contributed by atoms with Gasteiger partial charge in [-0.2, -0.15) is 4.31 Å². The number of fused-ring (bicyclic) bond motifs is 1. The van der Waals surface area contributed by atoms with Gasteiger partial charge in [-0.15, -0.1) is 11.3 Å². The average Bonchev–Trinajstić information content (AvgIpc) is 3.40. The maximum absolute atomic E-state index is 13.1. The lowest BCUT2D eigenvalue weighted by Crippen LogP contribution is -2.31. The summed E-state index contributed by atoms with van der Waals surface area (Å²) < 4.78 is 33.4. The number of benzene rings is 2. The highest BCUT2D eigenvalue weighted by atomic mass is 32.2. The van der Waals surface area contributed by atoms with Crippen LogP contribution in [-0.2, 0) is 26.7 Å². The average molecular weight is 552 g/mol. The smallest absolute Gasteiger partial charge is 0.243 e. The Balaban J connectivity index is 1.26. The van der Waals surface area contributed by atoms with Crippen molar-refractivity contribution in [1.29, 1.82) is 0 Å². The molecule has 0 unspecified atom stereocenters. The lowest BCUT2D eigenvalue weighted by molar-refractivity contribution is -0.115. The van der Waals surface area contributed by atoms with Crippen LogP contribution < -0.4 is 5.32 Å². The Morgan fingerprint density at radius 3 is 2.45 bits per heavy atom. The lowest BCUT2D eigenvalue weighted by atomic mass is 9.86. The summed E-state index contributed by atoms with van der Waals surface area (Å²) in [7, 11) is -3.50. The number of carbonyl (C=O) groups excluding carboxylic acids is 1. The first kappa shape index (κ1) is 26.6. The third-order valence-electron chi connectivity index (χ3n) is 6.97. The van der Waals surface area contributed by atoms with Crippen molar-refractivity contribution in [3.63, 3.8) is 0 Å². The van der Waals surface area contributed by atoms with E-state index in [2.05, 4.69) is 43.2 Å². The van der Waals surface area contributed by atoms with Gasteiger partial charge in [0.25, 0.3) is 0 Å². The highest BCUT2D eigenvalue weighted by Gasteiger charge is 2.25. The summed E-state index contributed by atoms with van der Waals surface area (Å²) in [6.45, 7) is 7.62. The molecule has 9 heteroatoms. The number of aromatic nitrogens is 1. The molecule has 1 saturated heterocycles. The first-order valence-corrected chi connectivity index (χ1v) is 15.3. The number of rotatable bonds is 6. The number of hydrogen-bond donors (Lipinski definition) is 1. The second-order valence-electron chi connectivity index (χ2n) is 10.8. The molecule has 3 heterocycles. The Bertz CT molecular complexity index is 1540. The number of hydrogen-bond acceptors (Lipinski definition) is 6. The van der Waals surface area contributed by atoms with Crippen molar-refractivity contribution in [2.45, 2.75) is 63.2 Å². The van der Waals surface area contributed by atoms with Crippen LogP contribution in [0.2, 0.25) is 0 Å². The molecule has 200 valence electrons. The van der Waals surface area contributed by atoms with Gasteiger partial charge in [-0.3, -0.25) is 4.79 Å². The van der Waals surface area contributed by atoms with E-state index in [1.54, 1.807) is 34.8 Å². The molecular weight excluding hydrogens is 518 g/mol. The number of furan rings is 1. The molecule has 1 amide bonds. The molecule has 1 aliphatic rings. The zero-order valence-electron chi connectivity index (χ0n) is 22.0. The van der Waals surface area contributed by atoms with E-state index in [9.17, 15) is 13.2 Å². The van der Waals surface area contributed by atoms with E-state index in [1.807, 2.05) is 11.4 Å². The standard InChI is InChI=1S/C29H33N3O4S2/c1-29(2,3)22-10-13-26-24(17-22)21(18-36-26)16-27(33)31-28-30-25(19-37-28)20-8-11-23(12-9-20)38(34,35)32-14-6-4-5-7-15-32/h8-13,17-19H,4-7,14-16H2,1-3H3,(H,30,31,33). The zero-order valence-corrected chi connectivity index (χ0v) is 23.6. The predicted molar refractivity (Wildman–Crippen MR) is 152 cm³/mol. The zero-order chi connectivity index (χ0) is 26.9. The number of nitrogens with zero attached hydrogens (tertiary/aromatic N) is 2. The fourth-order valence-electron chi connectivity index (χ4n) is 4.71. The SMILES string of the molecule is CC(C)(C)c1ccc2occ(CC(=O)Nc3nc(-c4ccc(S(=O)(=O)N5CCCCCC5)cc4)cs3)c2c1. The second kappa shape index (κ2) is 10.6. The minimum atomic E-state index is -3.50. The molecule has 1 N–H and O–H groups in total. The predicted octanol–water partition coefficient (Wildman–Crippen LogP) is 6.60. The van der Waals surface area contributed by atoms with Gasteiger partial charge >= 0.3 is 0 Å². The van der Waals surface area contributed by atoms with Gasteiger partial charge in [0.15, 0.2) is 5.13 Å². The quantitative estimate of drug-likeness (QED) is 0.291. The van der Waals surface area contributed by atoms with Crippen molar-refractivity contribution in [3.05, 3.63) is 65.2 Å². The molecule has 2 aromatic heterocycles. The number of thiazole rings is 1. The van der Waals surface area contributed by atoms with Crippen LogP contribution in [-0.4, -0.2) is 36.7 Å². The van der Waals surface area contributed by atoms with Crippen LogP contribution in [0.15, 0.2) is 63.4 Å². The first-order chi connectivity index (χ1) is 18.1. The molecule has 2 aromatic carbocycles. The molecule has 0 spiro atoms. The Morgan fingerprint density at radius 1 is 1.05 bits per heavy atom. The summed E-state index contributed by atoms with van der Waals surface area (Å²) in [4.78, 5) is 17.7. The van der Waals surface area contributed by atoms with Crippen molar-refractivity contribution in [3.8, 4) is 11.3 Å². The van der Waals surface area contributed by atoms with Crippen molar-refractivity contribution < 1.29 is 17.6 Å². The van der Waals surface area contributed by atoms with Crippen molar-refractivity contribution in [1.82, 2.24) is 9.29 Å². The topological polar surface area (TPSA) is 92.5 Å². The summed E-state index contributed by atoms with van der Waals surface area (Å²) in [5.74, 6) is -0.173. The van der Waals surface area contributed by atoms with Gasteiger partial charge in [-0.05, 0) is 48.1 Å². The van der Waals surface area contributed by atoms with E-state index in [4.69, 9.17) is 4.42 Å². The number of nitrogens with one attached hydrogen (secondary N) is 1. The normalized spacial score (nSPS) is 15.4. The van der Waals surface area contributed by atoms with E-state index in [-0.39, 0.29) is 17.7 Å². The Morgan fingerprint density at radius 2 is 1.76 bits per heavy atom. The van der Waals surface area contributed by atoms with Gasteiger partial charge in [-0.1, -0.05) is 51.8 Å².